The summed E-state index contributed by atoms with van der Waals surface area (Å²) in [6.45, 7) is 0. The van der Waals surface area contributed by atoms with Crippen molar-refractivity contribution >= 4 is 84.8 Å². The predicted octanol–water partition coefficient (Wildman–Crippen LogP) is 11.2. The van der Waals surface area contributed by atoms with Crippen LogP contribution in [0.2, 0.25) is 0 Å². The van der Waals surface area contributed by atoms with E-state index in [1.807, 2.05) is 22.7 Å². The van der Waals surface area contributed by atoms with Crippen LogP contribution in [-0.4, -0.2) is 4.57 Å². The fourth-order valence-electron chi connectivity index (χ4n) is 6.33. The summed E-state index contributed by atoms with van der Waals surface area (Å²) in [5, 5.41) is 8.12. The zero-order chi connectivity index (χ0) is 25.5. The van der Waals surface area contributed by atoms with Gasteiger partial charge in [0.15, 0.2) is 0 Å². The second kappa shape index (κ2) is 8.03. The molecule has 0 radical (unpaired) electrons. The van der Waals surface area contributed by atoms with Crippen LogP contribution in [0, 0.1) is 0 Å². The second-order valence-corrected chi connectivity index (χ2v) is 12.2. The standard InChI is InChI=1S/C36H21NS2/c1-2-10-22(11-3-1)23-18-20-24(21-19-23)37-28-15-7-4-12-25(28)31-32-26-13-5-8-16-29(26)38-35(32)36-33(34(31)37)27-14-6-9-17-30(27)39-36/h1-21H. The van der Waals surface area contributed by atoms with Crippen LogP contribution >= 0.6 is 22.7 Å². The first-order chi connectivity index (χ1) is 19.4. The highest BCUT2D eigenvalue weighted by Gasteiger charge is 2.24. The van der Waals surface area contributed by atoms with Crippen LogP contribution in [0.1, 0.15) is 0 Å². The van der Waals surface area contributed by atoms with E-state index in [4.69, 9.17) is 0 Å². The van der Waals surface area contributed by atoms with Crippen molar-refractivity contribution in [3.63, 3.8) is 0 Å². The van der Waals surface area contributed by atoms with Crippen molar-refractivity contribution in [1.82, 2.24) is 4.57 Å². The Hall–Kier alpha value is -4.44. The van der Waals surface area contributed by atoms with Crippen LogP contribution in [0.25, 0.3) is 79.0 Å². The molecule has 0 saturated carbocycles. The summed E-state index contributed by atoms with van der Waals surface area (Å²) in [4.78, 5) is 0. The van der Waals surface area contributed by atoms with E-state index < -0.39 is 0 Å². The molecule has 39 heavy (non-hydrogen) atoms. The Morgan fingerprint density at radius 3 is 1.67 bits per heavy atom. The number of nitrogens with zero attached hydrogens (tertiary/aromatic N) is 1. The molecule has 0 atom stereocenters. The van der Waals surface area contributed by atoms with Gasteiger partial charge in [-0.15, -0.1) is 22.7 Å². The summed E-state index contributed by atoms with van der Waals surface area (Å²) in [5.74, 6) is 0. The van der Waals surface area contributed by atoms with Gasteiger partial charge in [0.1, 0.15) is 0 Å². The molecule has 9 aromatic rings. The van der Waals surface area contributed by atoms with Gasteiger partial charge in [0.05, 0.1) is 20.4 Å². The number of hydrogen-bond acceptors (Lipinski definition) is 2. The third kappa shape index (κ3) is 2.94. The molecule has 0 bridgehead atoms. The minimum Gasteiger partial charge on any atom is -0.309 e. The second-order valence-electron chi connectivity index (χ2n) is 10.1. The summed E-state index contributed by atoms with van der Waals surface area (Å²) >= 11 is 3.87. The quantitative estimate of drug-likeness (QED) is 0.209. The molecule has 0 fully saturated rings. The van der Waals surface area contributed by atoms with Gasteiger partial charge in [-0.25, -0.2) is 0 Å². The van der Waals surface area contributed by atoms with Crippen molar-refractivity contribution in [1.29, 1.82) is 0 Å². The van der Waals surface area contributed by atoms with E-state index in [0.717, 1.165) is 0 Å². The first-order valence-electron chi connectivity index (χ1n) is 13.2. The first-order valence-corrected chi connectivity index (χ1v) is 14.8. The molecule has 0 saturated heterocycles. The van der Waals surface area contributed by atoms with Crippen LogP contribution in [0.3, 0.4) is 0 Å². The van der Waals surface area contributed by atoms with Crippen LogP contribution in [0.4, 0.5) is 0 Å². The van der Waals surface area contributed by atoms with Gasteiger partial charge in [-0.1, -0.05) is 97.1 Å². The molecule has 1 nitrogen and oxygen atoms in total. The number of rotatable bonds is 2. The van der Waals surface area contributed by atoms with Crippen molar-refractivity contribution in [2.24, 2.45) is 0 Å². The summed E-state index contributed by atoms with van der Waals surface area (Å²) in [6.07, 6.45) is 0. The molecular weight excluding hydrogens is 511 g/mol. The Morgan fingerprint density at radius 1 is 0.410 bits per heavy atom. The average molecular weight is 532 g/mol. The molecule has 6 aromatic carbocycles. The predicted molar refractivity (Wildman–Crippen MR) is 172 cm³/mol. The van der Waals surface area contributed by atoms with Crippen molar-refractivity contribution in [2.45, 2.75) is 0 Å². The molecule has 0 aliphatic heterocycles. The smallest absolute Gasteiger partial charge is 0.0641 e. The molecule has 9 rings (SSSR count). The van der Waals surface area contributed by atoms with Gasteiger partial charge in [-0.3, -0.25) is 0 Å². The monoisotopic (exact) mass is 531 g/mol. The van der Waals surface area contributed by atoms with Gasteiger partial charge in [0.2, 0.25) is 0 Å². The van der Waals surface area contributed by atoms with E-state index in [9.17, 15) is 0 Å². The zero-order valence-corrected chi connectivity index (χ0v) is 22.5. The fourth-order valence-corrected chi connectivity index (χ4v) is 8.88. The van der Waals surface area contributed by atoms with Crippen molar-refractivity contribution in [3.8, 4) is 16.8 Å². The molecule has 0 amide bonds. The summed E-state index contributed by atoms with van der Waals surface area (Å²) in [5.41, 5.74) is 6.23. The van der Waals surface area contributed by atoms with E-state index in [-0.39, 0.29) is 0 Å². The van der Waals surface area contributed by atoms with Gasteiger partial charge < -0.3 is 4.57 Å². The Balaban J connectivity index is 1.51. The van der Waals surface area contributed by atoms with Crippen LogP contribution in [0.5, 0.6) is 0 Å². The zero-order valence-electron chi connectivity index (χ0n) is 20.9. The average Bonchev–Trinajstić information content (AvgIpc) is 3.67. The van der Waals surface area contributed by atoms with E-state index in [1.54, 1.807) is 0 Å². The Morgan fingerprint density at radius 2 is 0.949 bits per heavy atom. The maximum absolute atomic E-state index is 2.51. The molecule has 0 spiro atoms. The summed E-state index contributed by atoms with van der Waals surface area (Å²) in [7, 11) is 0. The third-order valence-electron chi connectivity index (χ3n) is 7.99. The first kappa shape index (κ1) is 21.5. The molecule has 3 heteroatoms. The number of benzene rings is 6. The minimum atomic E-state index is 1.19. The molecule has 0 aliphatic carbocycles. The molecular formula is C36H21NS2. The third-order valence-corrected chi connectivity index (χ3v) is 10.5. The topological polar surface area (TPSA) is 4.93 Å². The number of hydrogen-bond donors (Lipinski definition) is 0. The van der Waals surface area contributed by atoms with Crippen LogP contribution in [0.15, 0.2) is 127 Å². The van der Waals surface area contributed by atoms with Crippen molar-refractivity contribution < 1.29 is 0 Å². The highest BCUT2D eigenvalue weighted by Crippen LogP contribution is 2.51. The Bertz CT molecular complexity index is 2370. The lowest BCUT2D eigenvalue weighted by molar-refractivity contribution is 1.19. The maximum Gasteiger partial charge on any atom is 0.0641 e. The van der Waals surface area contributed by atoms with Gasteiger partial charge in [-0.2, -0.15) is 0 Å². The highest BCUT2D eigenvalue weighted by atomic mass is 32.1. The SMILES string of the molecule is c1ccc(-c2ccc(-n3c4ccccc4c4c5c6ccccc6sc5c5sc6ccccc6c5c43)cc2)cc1. The normalized spacial score (nSPS) is 12.1. The van der Waals surface area contributed by atoms with E-state index in [2.05, 4.69) is 132 Å². The lowest BCUT2D eigenvalue weighted by Gasteiger charge is -2.11. The lowest BCUT2D eigenvalue weighted by Crippen LogP contribution is -1.94. The lowest BCUT2D eigenvalue weighted by atomic mass is 10.0. The number of thiophene rings is 2. The fraction of sp³-hybridized carbons (Fsp3) is 0. The van der Waals surface area contributed by atoms with E-state index in [0.29, 0.717) is 0 Å². The summed E-state index contributed by atoms with van der Waals surface area (Å²) in [6, 6.07) is 46.5. The molecule has 3 heterocycles. The van der Waals surface area contributed by atoms with Crippen LogP contribution < -0.4 is 0 Å². The molecule has 0 aliphatic rings. The minimum absolute atomic E-state index is 1.19. The summed E-state index contributed by atoms with van der Waals surface area (Å²) < 4.78 is 8.00. The van der Waals surface area contributed by atoms with E-state index in [1.165, 1.54) is 79.0 Å². The molecule has 0 unspecified atom stereocenters. The Kier molecular flexibility index (Phi) is 4.43. The van der Waals surface area contributed by atoms with E-state index >= 15 is 0 Å². The Labute approximate surface area is 232 Å². The van der Waals surface area contributed by atoms with Crippen molar-refractivity contribution in [2.75, 3.05) is 0 Å². The molecule has 3 aromatic heterocycles. The highest BCUT2D eigenvalue weighted by molar-refractivity contribution is 7.33. The van der Waals surface area contributed by atoms with Gasteiger partial charge in [-0.05, 0) is 41.5 Å². The van der Waals surface area contributed by atoms with Gasteiger partial charge >= 0.3 is 0 Å². The largest absolute Gasteiger partial charge is 0.309 e. The molecule has 0 N–H and O–H groups in total. The van der Waals surface area contributed by atoms with Crippen molar-refractivity contribution in [3.05, 3.63) is 127 Å². The number of aromatic nitrogens is 1. The molecule has 182 valence electrons. The van der Waals surface area contributed by atoms with Gasteiger partial charge in [0.25, 0.3) is 0 Å². The number of para-hydroxylation sites is 1. The van der Waals surface area contributed by atoms with Crippen LogP contribution in [-0.2, 0) is 0 Å². The number of fused-ring (bicyclic) bond motifs is 12. The van der Waals surface area contributed by atoms with Gasteiger partial charge in [0, 0.05) is 47.4 Å². The maximum atomic E-state index is 2.51.